The summed E-state index contributed by atoms with van der Waals surface area (Å²) in [5.74, 6) is 0. The molecule has 0 amide bonds. The van der Waals surface area contributed by atoms with E-state index in [4.69, 9.17) is 0 Å². The van der Waals surface area contributed by atoms with Gasteiger partial charge in [0.05, 0.1) is 17.4 Å². The summed E-state index contributed by atoms with van der Waals surface area (Å²) in [4.78, 5) is 0. The van der Waals surface area contributed by atoms with Crippen LogP contribution in [-0.4, -0.2) is 25.2 Å². The van der Waals surface area contributed by atoms with E-state index in [9.17, 15) is 21.6 Å². The second kappa shape index (κ2) is 4.91. The molecule has 20 heavy (non-hydrogen) atoms. The Balaban J connectivity index is 2.47. The van der Waals surface area contributed by atoms with E-state index in [0.717, 1.165) is 28.9 Å². The Morgan fingerprint density at radius 3 is 2.25 bits per heavy atom. The van der Waals surface area contributed by atoms with Crippen molar-refractivity contribution in [2.24, 2.45) is 0 Å². The highest BCUT2D eigenvalue weighted by Crippen LogP contribution is 2.29. The van der Waals surface area contributed by atoms with Gasteiger partial charge >= 0.3 is 6.18 Å². The van der Waals surface area contributed by atoms with E-state index < -0.39 is 21.8 Å². The van der Waals surface area contributed by atoms with Crippen LogP contribution >= 0.6 is 0 Å². The average Bonchev–Trinajstić information content (AvgIpc) is 2.88. The third-order valence-corrected chi connectivity index (χ3v) is 3.99. The van der Waals surface area contributed by atoms with Crippen molar-refractivity contribution >= 4 is 10.0 Å². The SMILES string of the molecule is CNS(=O)(=O)c1ccnn1-c1ccc(C(F)(F)F)cc1. The molecular formula is C11H10F3N3O2S. The topological polar surface area (TPSA) is 64.0 Å². The van der Waals surface area contributed by atoms with Crippen molar-refractivity contribution in [1.82, 2.24) is 14.5 Å². The molecule has 5 nitrogen and oxygen atoms in total. The van der Waals surface area contributed by atoms with Gasteiger partial charge in [-0.15, -0.1) is 0 Å². The molecule has 1 aromatic carbocycles. The first-order valence-corrected chi connectivity index (χ1v) is 6.89. The molecule has 1 aromatic heterocycles. The molecule has 0 aliphatic heterocycles. The number of nitrogens with one attached hydrogen (secondary N) is 1. The average molecular weight is 305 g/mol. The number of hydrogen-bond donors (Lipinski definition) is 1. The Morgan fingerprint density at radius 1 is 1.15 bits per heavy atom. The van der Waals surface area contributed by atoms with E-state index in [1.165, 1.54) is 19.3 Å². The molecule has 0 saturated carbocycles. The number of rotatable bonds is 3. The Morgan fingerprint density at radius 2 is 1.75 bits per heavy atom. The molecule has 0 unspecified atom stereocenters. The Hall–Kier alpha value is -1.87. The van der Waals surface area contributed by atoms with Crippen LogP contribution in [0.2, 0.25) is 0 Å². The molecule has 0 radical (unpaired) electrons. The van der Waals surface area contributed by atoms with Crippen molar-refractivity contribution < 1.29 is 21.6 Å². The van der Waals surface area contributed by atoms with Gasteiger partial charge in [-0.3, -0.25) is 0 Å². The summed E-state index contributed by atoms with van der Waals surface area (Å²) in [6.07, 6.45) is -3.19. The molecule has 1 heterocycles. The first-order chi connectivity index (χ1) is 9.25. The van der Waals surface area contributed by atoms with Gasteiger partial charge in [-0.2, -0.15) is 18.3 Å². The fourth-order valence-corrected chi connectivity index (χ4v) is 2.41. The van der Waals surface area contributed by atoms with Gasteiger partial charge in [0.25, 0.3) is 10.0 Å². The molecule has 9 heteroatoms. The van der Waals surface area contributed by atoms with Crippen LogP contribution < -0.4 is 4.72 Å². The van der Waals surface area contributed by atoms with Crippen molar-refractivity contribution in [3.8, 4) is 5.69 Å². The predicted molar refractivity (Wildman–Crippen MR) is 64.8 cm³/mol. The van der Waals surface area contributed by atoms with Gasteiger partial charge < -0.3 is 0 Å². The van der Waals surface area contributed by atoms with Gasteiger partial charge in [-0.25, -0.2) is 17.8 Å². The molecule has 2 rings (SSSR count). The third-order valence-electron chi connectivity index (χ3n) is 2.59. The Labute approximate surface area is 113 Å². The lowest BCUT2D eigenvalue weighted by Crippen LogP contribution is -2.22. The highest BCUT2D eigenvalue weighted by molar-refractivity contribution is 7.89. The summed E-state index contributed by atoms with van der Waals surface area (Å²) in [7, 11) is -2.51. The molecule has 0 atom stereocenters. The quantitative estimate of drug-likeness (QED) is 0.940. The highest BCUT2D eigenvalue weighted by Gasteiger charge is 2.30. The van der Waals surface area contributed by atoms with Crippen molar-refractivity contribution in [2.75, 3.05) is 7.05 Å². The lowest BCUT2D eigenvalue weighted by Gasteiger charge is -2.10. The van der Waals surface area contributed by atoms with Gasteiger partial charge in [0, 0.05) is 0 Å². The molecule has 0 aliphatic rings. The van der Waals surface area contributed by atoms with E-state index in [1.807, 2.05) is 0 Å². The number of halogens is 3. The monoisotopic (exact) mass is 305 g/mol. The van der Waals surface area contributed by atoms with E-state index >= 15 is 0 Å². The summed E-state index contributed by atoms with van der Waals surface area (Å²) in [6.45, 7) is 0. The van der Waals surface area contributed by atoms with Crippen molar-refractivity contribution in [3.05, 3.63) is 42.1 Å². The second-order valence-corrected chi connectivity index (χ2v) is 5.67. The number of alkyl halides is 3. The minimum Gasteiger partial charge on any atom is -0.221 e. The molecular weight excluding hydrogens is 295 g/mol. The van der Waals surface area contributed by atoms with Crippen LogP contribution in [0.3, 0.4) is 0 Å². The fourth-order valence-electron chi connectivity index (χ4n) is 1.58. The van der Waals surface area contributed by atoms with E-state index in [2.05, 4.69) is 9.82 Å². The lowest BCUT2D eigenvalue weighted by atomic mass is 10.2. The first-order valence-electron chi connectivity index (χ1n) is 5.41. The fraction of sp³-hybridized carbons (Fsp3) is 0.182. The summed E-state index contributed by atoms with van der Waals surface area (Å²) in [6, 6.07) is 5.30. The van der Waals surface area contributed by atoms with Crippen molar-refractivity contribution in [1.29, 1.82) is 0 Å². The van der Waals surface area contributed by atoms with Gasteiger partial charge in [0.1, 0.15) is 0 Å². The van der Waals surface area contributed by atoms with Crippen LogP contribution in [0.25, 0.3) is 5.69 Å². The van der Waals surface area contributed by atoms with E-state index in [1.54, 1.807) is 0 Å². The van der Waals surface area contributed by atoms with Gasteiger partial charge in [-0.05, 0) is 37.4 Å². The standard InChI is InChI=1S/C11H10F3N3O2S/c1-15-20(18,19)10-6-7-16-17(10)9-4-2-8(3-5-9)11(12,13)14/h2-7,15H,1H3. The zero-order chi connectivity index (χ0) is 15.0. The minimum absolute atomic E-state index is 0.153. The first kappa shape index (κ1) is 14.5. The zero-order valence-corrected chi connectivity index (χ0v) is 11.0. The van der Waals surface area contributed by atoms with Gasteiger partial charge in [0.2, 0.25) is 0 Å². The van der Waals surface area contributed by atoms with Crippen LogP contribution in [0.4, 0.5) is 13.2 Å². The van der Waals surface area contributed by atoms with Crippen LogP contribution in [0.5, 0.6) is 0 Å². The number of benzene rings is 1. The molecule has 108 valence electrons. The van der Waals surface area contributed by atoms with Crippen LogP contribution in [0.1, 0.15) is 5.56 Å². The van der Waals surface area contributed by atoms with Crippen LogP contribution in [-0.2, 0) is 16.2 Å². The molecule has 1 N–H and O–H groups in total. The van der Waals surface area contributed by atoms with Crippen molar-refractivity contribution in [2.45, 2.75) is 11.2 Å². The molecule has 0 spiro atoms. The van der Waals surface area contributed by atoms with E-state index in [0.29, 0.717) is 0 Å². The molecule has 2 aromatic rings. The van der Waals surface area contributed by atoms with Gasteiger partial charge in [0.15, 0.2) is 5.03 Å². The largest absolute Gasteiger partial charge is 0.416 e. The predicted octanol–water partition coefficient (Wildman–Crippen LogP) is 1.80. The normalized spacial score (nSPS) is 12.6. The maximum Gasteiger partial charge on any atom is 0.416 e. The second-order valence-electron chi connectivity index (χ2n) is 3.83. The molecule has 0 aliphatic carbocycles. The maximum absolute atomic E-state index is 12.5. The number of sulfonamides is 1. The minimum atomic E-state index is -4.44. The van der Waals surface area contributed by atoms with E-state index in [-0.39, 0.29) is 10.7 Å². The van der Waals surface area contributed by atoms with Crippen LogP contribution in [0, 0.1) is 0 Å². The number of nitrogens with zero attached hydrogens (tertiary/aromatic N) is 2. The highest BCUT2D eigenvalue weighted by atomic mass is 32.2. The summed E-state index contributed by atoms with van der Waals surface area (Å²) in [5.41, 5.74) is -0.594. The molecule has 0 bridgehead atoms. The zero-order valence-electron chi connectivity index (χ0n) is 10.2. The summed E-state index contributed by atoms with van der Waals surface area (Å²) < 4.78 is 64.0. The van der Waals surface area contributed by atoms with Crippen LogP contribution in [0.15, 0.2) is 41.6 Å². The summed E-state index contributed by atoms with van der Waals surface area (Å²) in [5, 5.41) is 3.66. The van der Waals surface area contributed by atoms with Gasteiger partial charge in [-0.1, -0.05) is 0 Å². The molecule has 0 saturated heterocycles. The maximum atomic E-state index is 12.5. The smallest absolute Gasteiger partial charge is 0.221 e. The van der Waals surface area contributed by atoms with Crippen molar-refractivity contribution in [3.63, 3.8) is 0 Å². The number of hydrogen-bond acceptors (Lipinski definition) is 3. The number of aromatic nitrogens is 2. The Bertz CT molecular complexity index is 705. The summed E-state index contributed by atoms with van der Waals surface area (Å²) >= 11 is 0. The lowest BCUT2D eigenvalue weighted by molar-refractivity contribution is -0.137. The molecule has 0 fully saturated rings. The Kier molecular flexibility index (Phi) is 3.57. The third kappa shape index (κ3) is 2.68.